The van der Waals surface area contributed by atoms with Crippen LogP contribution in [0.5, 0.6) is 0 Å². The van der Waals surface area contributed by atoms with Crippen LogP contribution >= 0.6 is 35.3 Å². The van der Waals surface area contributed by atoms with Gasteiger partial charge in [-0.2, -0.15) is 0 Å². The molecule has 1 fully saturated rings. The van der Waals surface area contributed by atoms with E-state index in [2.05, 4.69) is 15.8 Å². The van der Waals surface area contributed by atoms with Crippen molar-refractivity contribution in [2.24, 2.45) is 0 Å². The topological polar surface area (TPSA) is 91.4 Å². The maximum Gasteiger partial charge on any atom is 0.269 e. The lowest BCUT2D eigenvalue weighted by Crippen LogP contribution is -2.47. The number of hydrogen-bond donors (Lipinski definition) is 2. The van der Waals surface area contributed by atoms with Gasteiger partial charge in [0.25, 0.3) is 17.7 Å². The monoisotopic (exact) mass is 404 g/mol. The van der Waals surface area contributed by atoms with E-state index in [1.807, 2.05) is 17.5 Å². The van der Waals surface area contributed by atoms with Crippen LogP contribution in [0, 0.1) is 0 Å². The van der Waals surface area contributed by atoms with E-state index >= 15 is 0 Å². The molecule has 3 rings (SSSR count). The molecule has 0 radical (unpaired) electrons. The second-order valence-corrected chi connectivity index (χ2v) is 7.68. The molecule has 1 aliphatic heterocycles. The number of nitrogens with zero attached hydrogens (tertiary/aromatic N) is 2. The van der Waals surface area contributed by atoms with Crippen molar-refractivity contribution < 1.29 is 14.4 Å². The van der Waals surface area contributed by atoms with E-state index in [4.69, 9.17) is 12.2 Å². The largest absolute Gasteiger partial charge is 0.283 e. The Balaban J connectivity index is 1.56. The molecule has 3 amide bonds. The highest BCUT2D eigenvalue weighted by Gasteiger charge is 2.33. The number of aromatic nitrogens is 1. The molecule has 3 heterocycles. The van der Waals surface area contributed by atoms with Gasteiger partial charge in [-0.1, -0.05) is 30.0 Å². The standard InChI is InChI=1S/C16H12N4O3S3/c21-13(18-19-14(22)10-3-5-17-6-4-10)9-20-15(23)12(26-16(20)24)8-11-2-1-7-25-11/h1-8H,9H2,(H,18,21)(H,19,22). The van der Waals surface area contributed by atoms with Crippen molar-refractivity contribution in [1.29, 1.82) is 0 Å². The van der Waals surface area contributed by atoms with Gasteiger partial charge in [-0.15, -0.1) is 11.3 Å². The van der Waals surface area contributed by atoms with Crippen LogP contribution in [0.4, 0.5) is 0 Å². The lowest BCUT2D eigenvalue weighted by atomic mass is 10.3. The van der Waals surface area contributed by atoms with Crippen LogP contribution in [-0.2, 0) is 9.59 Å². The molecule has 10 heteroatoms. The number of thiophene rings is 1. The molecule has 0 atom stereocenters. The summed E-state index contributed by atoms with van der Waals surface area (Å²) in [6, 6.07) is 6.80. The van der Waals surface area contributed by atoms with E-state index in [-0.39, 0.29) is 12.5 Å². The lowest BCUT2D eigenvalue weighted by Gasteiger charge is -2.14. The van der Waals surface area contributed by atoms with Gasteiger partial charge in [-0.3, -0.25) is 35.1 Å². The van der Waals surface area contributed by atoms with E-state index in [0.717, 1.165) is 16.6 Å². The van der Waals surface area contributed by atoms with Crippen LogP contribution in [0.15, 0.2) is 46.9 Å². The Kier molecular flexibility index (Phi) is 5.76. The summed E-state index contributed by atoms with van der Waals surface area (Å²) in [7, 11) is 0. The molecule has 0 spiro atoms. The number of pyridine rings is 1. The fraction of sp³-hybridized carbons (Fsp3) is 0.0625. The molecule has 0 aromatic carbocycles. The quantitative estimate of drug-likeness (QED) is 0.459. The van der Waals surface area contributed by atoms with Crippen LogP contribution < -0.4 is 10.9 Å². The van der Waals surface area contributed by atoms with Crippen LogP contribution in [0.3, 0.4) is 0 Å². The van der Waals surface area contributed by atoms with Crippen LogP contribution in [0.2, 0.25) is 0 Å². The Morgan fingerprint density at radius 1 is 1.23 bits per heavy atom. The molecule has 0 saturated carbocycles. The highest BCUT2D eigenvalue weighted by molar-refractivity contribution is 8.26. The zero-order valence-corrected chi connectivity index (χ0v) is 15.6. The first-order valence-electron chi connectivity index (χ1n) is 7.32. The Morgan fingerprint density at radius 2 is 2.00 bits per heavy atom. The number of thioether (sulfide) groups is 1. The number of nitrogens with one attached hydrogen (secondary N) is 2. The summed E-state index contributed by atoms with van der Waals surface area (Å²) in [6.07, 6.45) is 4.68. The first-order chi connectivity index (χ1) is 12.5. The SMILES string of the molecule is O=C(CN1C(=O)C(=Cc2cccs2)SC1=S)NNC(=O)c1ccncc1. The minimum absolute atomic E-state index is 0.275. The van der Waals surface area contributed by atoms with Gasteiger partial charge >= 0.3 is 0 Å². The maximum absolute atomic E-state index is 12.4. The number of hydrazine groups is 1. The summed E-state index contributed by atoms with van der Waals surface area (Å²) < 4.78 is 0.299. The van der Waals surface area contributed by atoms with E-state index in [1.54, 1.807) is 6.08 Å². The van der Waals surface area contributed by atoms with Crippen molar-refractivity contribution in [3.8, 4) is 0 Å². The van der Waals surface area contributed by atoms with Gasteiger partial charge in [0.1, 0.15) is 10.9 Å². The predicted molar refractivity (Wildman–Crippen MR) is 104 cm³/mol. The first-order valence-corrected chi connectivity index (χ1v) is 9.43. The average Bonchev–Trinajstić information content (AvgIpc) is 3.25. The van der Waals surface area contributed by atoms with Crippen molar-refractivity contribution in [2.45, 2.75) is 0 Å². The summed E-state index contributed by atoms with van der Waals surface area (Å²) in [5.41, 5.74) is 4.90. The second-order valence-electron chi connectivity index (χ2n) is 5.02. The van der Waals surface area contributed by atoms with Crippen molar-refractivity contribution in [3.63, 3.8) is 0 Å². The number of hydrogen-bond acceptors (Lipinski definition) is 7. The molecule has 0 unspecified atom stereocenters. The average molecular weight is 404 g/mol. The smallest absolute Gasteiger partial charge is 0.269 e. The number of rotatable bonds is 4. The summed E-state index contributed by atoms with van der Waals surface area (Å²) >= 11 is 7.82. The van der Waals surface area contributed by atoms with E-state index in [9.17, 15) is 14.4 Å². The zero-order valence-electron chi connectivity index (χ0n) is 13.2. The van der Waals surface area contributed by atoms with Crippen molar-refractivity contribution in [2.75, 3.05) is 6.54 Å². The fourth-order valence-corrected chi connectivity index (χ4v) is 4.00. The highest BCUT2D eigenvalue weighted by Crippen LogP contribution is 2.32. The summed E-state index contributed by atoms with van der Waals surface area (Å²) in [5.74, 6) is -1.37. The van der Waals surface area contributed by atoms with Crippen LogP contribution in [-0.4, -0.2) is 38.5 Å². The van der Waals surface area contributed by atoms with Crippen molar-refractivity contribution in [3.05, 3.63) is 57.4 Å². The molecule has 1 saturated heterocycles. The van der Waals surface area contributed by atoms with Gasteiger partial charge in [0.2, 0.25) is 0 Å². The molecule has 26 heavy (non-hydrogen) atoms. The van der Waals surface area contributed by atoms with Gasteiger partial charge in [-0.05, 0) is 29.7 Å². The molecular weight excluding hydrogens is 392 g/mol. The number of thiocarbonyl (C=S) groups is 1. The minimum atomic E-state index is -0.555. The molecule has 2 aromatic rings. The Labute approximate surface area is 162 Å². The van der Waals surface area contributed by atoms with E-state index in [0.29, 0.717) is 14.8 Å². The molecule has 7 nitrogen and oxygen atoms in total. The number of carbonyl (C=O) groups is 3. The van der Waals surface area contributed by atoms with Crippen molar-refractivity contribution >= 4 is 63.4 Å². The molecule has 2 aromatic heterocycles. The molecular formula is C16H12N4O3S3. The maximum atomic E-state index is 12.4. The highest BCUT2D eigenvalue weighted by atomic mass is 32.2. The lowest BCUT2D eigenvalue weighted by molar-refractivity contribution is -0.129. The van der Waals surface area contributed by atoms with Crippen molar-refractivity contribution in [1.82, 2.24) is 20.7 Å². The third-order valence-electron chi connectivity index (χ3n) is 3.25. The second kappa shape index (κ2) is 8.21. The molecule has 132 valence electrons. The molecule has 1 aliphatic rings. The third kappa shape index (κ3) is 4.34. The Hall–Kier alpha value is -2.56. The molecule has 0 bridgehead atoms. The van der Waals surface area contributed by atoms with Gasteiger partial charge in [0, 0.05) is 22.8 Å². The molecule has 2 N–H and O–H groups in total. The van der Waals surface area contributed by atoms with Crippen LogP contribution in [0.1, 0.15) is 15.2 Å². The normalized spacial score (nSPS) is 15.4. The number of amides is 3. The summed E-state index contributed by atoms with van der Waals surface area (Å²) in [4.78, 5) is 42.7. The Morgan fingerprint density at radius 3 is 2.69 bits per heavy atom. The van der Waals surface area contributed by atoms with E-state index in [1.165, 1.54) is 40.8 Å². The summed E-state index contributed by atoms with van der Waals surface area (Å²) in [5, 5.41) is 1.91. The Bertz CT molecular complexity index is 881. The minimum Gasteiger partial charge on any atom is -0.283 e. The van der Waals surface area contributed by atoms with Crippen LogP contribution in [0.25, 0.3) is 6.08 Å². The summed E-state index contributed by atoms with van der Waals surface area (Å²) in [6.45, 7) is -0.275. The van der Waals surface area contributed by atoms with Gasteiger partial charge in [0.15, 0.2) is 0 Å². The predicted octanol–water partition coefficient (Wildman–Crippen LogP) is 1.81. The van der Waals surface area contributed by atoms with Gasteiger partial charge < -0.3 is 0 Å². The third-order valence-corrected chi connectivity index (χ3v) is 5.45. The van der Waals surface area contributed by atoms with Gasteiger partial charge in [0.05, 0.1) is 4.91 Å². The van der Waals surface area contributed by atoms with E-state index < -0.39 is 11.8 Å². The number of carbonyl (C=O) groups excluding carboxylic acids is 3. The zero-order chi connectivity index (χ0) is 18.5. The molecule has 0 aliphatic carbocycles. The van der Waals surface area contributed by atoms with Gasteiger partial charge in [-0.25, -0.2) is 0 Å². The first kappa shape index (κ1) is 18.2. The fourth-order valence-electron chi connectivity index (χ4n) is 2.02.